The zero-order chi connectivity index (χ0) is 20.4. The molecule has 1 saturated heterocycles. The number of carbonyl (C=O) groups is 3. The van der Waals surface area contributed by atoms with Crippen LogP contribution in [0.4, 0.5) is 0 Å². The number of rotatable bonds is 5. The second-order valence-corrected chi connectivity index (χ2v) is 6.07. The summed E-state index contributed by atoms with van der Waals surface area (Å²) >= 11 is 0. The van der Waals surface area contributed by atoms with Crippen molar-refractivity contribution in [3.8, 4) is 0 Å². The lowest BCUT2D eigenvalue weighted by Gasteiger charge is -2.23. The van der Waals surface area contributed by atoms with Gasteiger partial charge in [-0.2, -0.15) is 0 Å². The third-order valence-corrected chi connectivity index (χ3v) is 3.98. The lowest BCUT2D eigenvalue weighted by atomic mass is 10.1. The predicted molar refractivity (Wildman–Crippen MR) is 89.8 cm³/mol. The van der Waals surface area contributed by atoms with Crippen molar-refractivity contribution in [2.24, 2.45) is 0 Å². The number of aromatic nitrogens is 4. The molecule has 3 rings (SSSR count). The fourth-order valence-electron chi connectivity index (χ4n) is 2.97. The van der Waals surface area contributed by atoms with Crippen molar-refractivity contribution >= 4 is 29.1 Å². The number of H-pyrrole nitrogens is 1. The fraction of sp³-hybridized carbons (Fsp3) is 0.500. The number of aromatic amines is 1. The van der Waals surface area contributed by atoms with Gasteiger partial charge in [0.2, 0.25) is 0 Å². The predicted octanol–water partition coefficient (Wildman–Crippen LogP) is -0.556. The molecular weight excluding hydrogens is 376 g/mol. The van der Waals surface area contributed by atoms with Gasteiger partial charge >= 0.3 is 17.9 Å². The first-order valence-corrected chi connectivity index (χ1v) is 8.31. The quantitative estimate of drug-likeness (QED) is 0.516. The normalized spacial score (nSPS) is 24.1. The van der Waals surface area contributed by atoms with Crippen LogP contribution in [0.3, 0.4) is 0 Å². The molecule has 3 heterocycles. The van der Waals surface area contributed by atoms with E-state index in [0.717, 1.165) is 0 Å². The van der Waals surface area contributed by atoms with Crippen LogP contribution >= 0.6 is 0 Å². The molecule has 1 unspecified atom stereocenters. The third-order valence-electron chi connectivity index (χ3n) is 3.98. The largest absolute Gasteiger partial charge is 0.463 e. The minimum absolute atomic E-state index is 0.0557. The molecule has 0 bridgehead atoms. The summed E-state index contributed by atoms with van der Waals surface area (Å²) in [5.74, 6) is -1.83. The van der Waals surface area contributed by atoms with Crippen LogP contribution in [-0.2, 0) is 33.3 Å². The zero-order valence-electron chi connectivity index (χ0n) is 15.3. The Kier molecular flexibility index (Phi) is 5.40. The molecule has 0 amide bonds. The molecule has 1 aliphatic heterocycles. The molecule has 2 aromatic rings. The molecule has 12 heteroatoms. The Morgan fingerprint density at radius 1 is 1.11 bits per heavy atom. The summed E-state index contributed by atoms with van der Waals surface area (Å²) in [6, 6.07) is 0. The lowest BCUT2D eigenvalue weighted by molar-refractivity contribution is -0.166. The van der Waals surface area contributed by atoms with Gasteiger partial charge in [-0.1, -0.05) is 0 Å². The molecule has 28 heavy (non-hydrogen) atoms. The highest BCUT2D eigenvalue weighted by Crippen LogP contribution is 2.35. The molecule has 0 spiro atoms. The van der Waals surface area contributed by atoms with Gasteiger partial charge in [0.1, 0.15) is 12.7 Å². The van der Waals surface area contributed by atoms with Crippen molar-refractivity contribution in [1.29, 1.82) is 0 Å². The SMILES string of the molecule is CC(=O)OC[C@@H]1O[C@H](n2cnc3c(=O)[nH]cnc32)C(OC(C)=O)[C@@H]1OC(C)=O. The summed E-state index contributed by atoms with van der Waals surface area (Å²) < 4.78 is 22.8. The second-order valence-electron chi connectivity index (χ2n) is 6.07. The van der Waals surface area contributed by atoms with E-state index in [1.807, 2.05) is 0 Å². The van der Waals surface area contributed by atoms with E-state index in [0.29, 0.717) is 0 Å². The minimum Gasteiger partial charge on any atom is -0.463 e. The molecule has 0 aromatic carbocycles. The van der Waals surface area contributed by atoms with Gasteiger partial charge in [-0.15, -0.1) is 0 Å². The number of carbonyl (C=O) groups excluding carboxylic acids is 3. The summed E-state index contributed by atoms with van der Waals surface area (Å²) in [4.78, 5) is 56.8. The summed E-state index contributed by atoms with van der Waals surface area (Å²) in [6.07, 6.45) is -1.58. The van der Waals surface area contributed by atoms with Crippen molar-refractivity contribution in [3.05, 3.63) is 23.0 Å². The maximum atomic E-state index is 11.9. The molecule has 2 aromatic heterocycles. The number of imidazole rings is 1. The molecule has 0 radical (unpaired) electrons. The van der Waals surface area contributed by atoms with E-state index >= 15 is 0 Å². The van der Waals surface area contributed by atoms with Crippen LogP contribution in [0.5, 0.6) is 0 Å². The Morgan fingerprint density at radius 2 is 1.79 bits per heavy atom. The van der Waals surface area contributed by atoms with Gasteiger partial charge in [0.05, 0.1) is 12.7 Å². The molecule has 150 valence electrons. The Morgan fingerprint density at radius 3 is 2.43 bits per heavy atom. The van der Waals surface area contributed by atoms with Gasteiger partial charge in [0.15, 0.2) is 29.6 Å². The number of hydrogen-bond acceptors (Lipinski definition) is 10. The van der Waals surface area contributed by atoms with Crippen LogP contribution in [0.1, 0.15) is 27.0 Å². The van der Waals surface area contributed by atoms with Gasteiger partial charge in [0, 0.05) is 20.8 Å². The van der Waals surface area contributed by atoms with E-state index < -0.39 is 48.0 Å². The maximum absolute atomic E-state index is 11.9. The van der Waals surface area contributed by atoms with E-state index in [-0.39, 0.29) is 17.8 Å². The minimum atomic E-state index is -1.08. The standard InChI is InChI=1S/C16H18N4O8/c1-7(21)25-4-10-12(26-8(2)22)13(27-9(3)23)16(28-10)20-6-19-11-14(20)17-5-18-15(11)24/h5-6,10,12-13,16H,4H2,1-3H3,(H,17,18,24)/t10-,12+,13?,16-/m0/s1. The summed E-state index contributed by atoms with van der Waals surface area (Å²) in [5, 5.41) is 0. The van der Waals surface area contributed by atoms with Crippen LogP contribution in [0.2, 0.25) is 0 Å². The maximum Gasteiger partial charge on any atom is 0.303 e. The Labute approximate surface area is 157 Å². The first-order valence-electron chi connectivity index (χ1n) is 8.31. The monoisotopic (exact) mass is 394 g/mol. The third kappa shape index (κ3) is 3.86. The molecule has 1 N–H and O–H groups in total. The molecule has 12 nitrogen and oxygen atoms in total. The smallest absolute Gasteiger partial charge is 0.303 e. The number of esters is 3. The highest BCUT2D eigenvalue weighted by atomic mass is 16.7. The number of fused-ring (bicyclic) bond motifs is 1. The van der Waals surface area contributed by atoms with Crippen molar-refractivity contribution < 1.29 is 33.3 Å². The second kappa shape index (κ2) is 7.76. The molecule has 0 aliphatic carbocycles. The first kappa shape index (κ1) is 19.5. The lowest BCUT2D eigenvalue weighted by Crippen LogP contribution is -2.40. The van der Waals surface area contributed by atoms with Crippen molar-refractivity contribution in [2.45, 2.75) is 45.3 Å². The number of nitrogens with zero attached hydrogens (tertiary/aromatic N) is 3. The molecule has 4 atom stereocenters. The molecule has 0 saturated carbocycles. The first-order chi connectivity index (χ1) is 13.3. The van der Waals surface area contributed by atoms with E-state index in [1.165, 1.54) is 38.0 Å². The van der Waals surface area contributed by atoms with Crippen LogP contribution in [0, 0.1) is 0 Å². The van der Waals surface area contributed by atoms with Crippen LogP contribution < -0.4 is 5.56 Å². The summed E-state index contributed by atoms with van der Waals surface area (Å²) in [6.45, 7) is 3.36. The zero-order valence-corrected chi connectivity index (χ0v) is 15.3. The Balaban J connectivity index is 2.02. The number of ether oxygens (including phenoxy) is 4. The average molecular weight is 394 g/mol. The molecule has 1 aliphatic rings. The number of hydrogen-bond donors (Lipinski definition) is 1. The van der Waals surface area contributed by atoms with E-state index in [1.54, 1.807) is 0 Å². The van der Waals surface area contributed by atoms with Gasteiger partial charge < -0.3 is 23.9 Å². The van der Waals surface area contributed by atoms with Crippen LogP contribution in [0.15, 0.2) is 17.4 Å². The van der Waals surface area contributed by atoms with Crippen molar-refractivity contribution in [1.82, 2.24) is 19.5 Å². The van der Waals surface area contributed by atoms with Crippen LogP contribution in [-0.4, -0.2) is 62.3 Å². The van der Waals surface area contributed by atoms with Crippen molar-refractivity contribution in [3.63, 3.8) is 0 Å². The van der Waals surface area contributed by atoms with Gasteiger partial charge in [-0.05, 0) is 0 Å². The highest BCUT2D eigenvalue weighted by Gasteiger charge is 2.51. The van der Waals surface area contributed by atoms with Crippen LogP contribution in [0.25, 0.3) is 11.2 Å². The Bertz CT molecular complexity index is 967. The van der Waals surface area contributed by atoms with E-state index in [4.69, 9.17) is 18.9 Å². The topological polar surface area (TPSA) is 152 Å². The van der Waals surface area contributed by atoms with E-state index in [9.17, 15) is 19.2 Å². The van der Waals surface area contributed by atoms with Gasteiger partial charge in [0.25, 0.3) is 5.56 Å². The van der Waals surface area contributed by atoms with Gasteiger partial charge in [-0.3, -0.25) is 23.7 Å². The summed E-state index contributed by atoms with van der Waals surface area (Å²) in [7, 11) is 0. The highest BCUT2D eigenvalue weighted by molar-refractivity contribution is 5.70. The summed E-state index contributed by atoms with van der Waals surface area (Å²) in [5.41, 5.74) is -0.223. The Hall–Kier alpha value is -3.28. The van der Waals surface area contributed by atoms with Crippen molar-refractivity contribution in [2.75, 3.05) is 6.61 Å². The molecule has 1 fully saturated rings. The van der Waals surface area contributed by atoms with E-state index in [2.05, 4.69) is 15.0 Å². The molecular formula is C16H18N4O8. The van der Waals surface area contributed by atoms with Gasteiger partial charge in [-0.25, -0.2) is 9.97 Å². The fourth-order valence-corrected chi connectivity index (χ4v) is 2.97. The average Bonchev–Trinajstić information content (AvgIpc) is 3.16. The number of nitrogens with one attached hydrogen (secondary N) is 1.